The molecule has 1 aromatic heterocycles. The summed E-state index contributed by atoms with van der Waals surface area (Å²) in [4.78, 5) is 16.7. The standard InChI is InChI=1S/C18H14F3N3O4S2/c1-11-15(16(25)23-12-7-9-13(10-8-12)28-18(19,20)21)29-17(22-11)24-30(26,27)14-5-3-2-4-6-14/h2-10H,1H3,(H,22,24)(H,23,25). The van der Waals surface area contributed by atoms with Gasteiger partial charge in [-0.05, 0) is 43.3 Å². The van der Waals surface area contributed by atoms with Gasteiger partial charge in [0.05, 0.1) is 10.6 Å². The van der Waals surface area contributed by atoms with E-state index in [0.717, 1.165) is 23.5 Å². The van der Waals surface area contributed by atoms with Crippen molar-refractivity contribution in [3.05, 3.63) is 65.2 Å². The molecule has 12 heteroatoms. The minimum Gasteiger partial charge on any atom is -0.406 e. The molecule has 0 aliphatic carbocycles. The second-order valence-corrected chi connectivity index (χ2v) is 8.56. The summed E-state index contributed by atoms with van der Waals surface area (Å²) < 4.78 is 67.4. The molecule has 30 heavy (non-hydrogen) atoms. The molecule has 0 spiro atoms. The summed E-state index contributed by atoms with van der Waals surface area (Å²) in [6.45, 7) is 1.53. The van der Waals surface area contributed by atoms with Gasteiger partial charge in [0.1, 0.15) is 10.6 Å². The number of amides is 1. The highest BCUT2D eigenvalue weighted by atomic mass is 32.2. The molecule has 158 valence electrons. The molecule has 3 rings (SSSR count). The minimum atomic E-state index is -4.81. The van der Waals surface area contributed by atoms with Crippen LogP contribution in [0, 0.1) is 6.92 Å². The Morgan fingerprint density at radius 2 is 1.70 bits per heavy atom. The van der Waals surface area contributed by atoms with Crippen LogP contribution in [0.1, 0.15) is 15.4 Å². The average Bonchev–Trinajstić information content (AvgIpc) is 3.02. The van der Waals surface area contributed by atoms with Gasteiger partial charge in [0.25, 0.3) is 15.9 Å². The fourth-order valence-corrected chi connectivity index (χ4v) is 4.47. The fraction of sp³-hybridized carbons (Fsp3) is 0.111. The van der Waals surface area contributed by atoms with Crippen molar-refractivity contribution in [2.75, 3.05) is 10.0 Å². The van der Waals surface area contributed by atoms with E-state index in [-0.39, 0.29) is 20.6 Å². The van der Waals surface area contributed by atoms with Gasteiger partial charge in [0.15, 0.2) is 5.13 Å². The average molecular weight is 457 g/mol. The Kier molecular flexibility index (Phi) is 5.99. The van der Waals surface area contributed by atoms with Gasteiger partial charge in [-0.25, -0.2) is 13.4 Å². The third-order valence-electron chi connectivity index (χ3n) is 3.62. The summed E-state index contributed by atoms with van der Waals surface area (Å²) in [5, 5.41) is 2.52. The second kappa shape index (κ2) is 8.32. The Bertz CT molecular complexity index is 1150. The van der Waals surface area contributed by atoms with Gasteiger partial charge in [0.2, 0.25) is 0 Å². The smallest absolute Gasteiger partial charge is 0.406 e. The maximum Gasteiger partial charge on any atom is 0.573 e. The Balaban J connectivity index is 1.71. The summed E-state index contributed by atoms with van der Waals surface area (Å²) in [5.74, 6) is -1.01. The number of hydrogen-bond donors (Lipinski definition) is 2. The largest absolute Gasteiger partial charge is 0.573 e. The predicted octanol–water partition coefficient (Wildman–Crippen LogP) is 4.40. The van der Waals surface area contributed by atoms with Gasteiger partial charge >= 0.3 is 6.36 Å². The van der Waals surface area contributed by atoms with E-state index in [4.69, 9.17) is 0 Å². The van der Waals surface area contributed by atoms with Crippen LogP contribution >= 0.6 is 11.3 Å². The molecular formula is C18H14F3N3O4S2. The first-order chi connectivity index (χ1) is 14.0. The van der Waals surface area contributed by atoms with Crippen molar-refractivity contribution >= 4 is 38.1 Å². The van der Waals surface area contributed by atoms with Crippen LogP contribution in [0.2, 0.25) is 0 Å². The number of rotatable bonds is 6. The summed E-state index contributed by atoms with van der Waals surface area (Å²) in [6.07, 6.45) is -4.81. The molecule has 0 aliphatic rings. The topological polar surface area (TPSA) is 97.4 Å². The van der Waals surface area contributed by atoms with Crippen LogP contribution in [-0.4, -0.2) is 25.7 Å². The molecule has 7 nitrogen and oxygen atoms in total. The van der Waals surface area contributed by atoms with Crippen LogP contribution in [0.5, 0.6) is 5.75 Å². The van der Waals surface area contributed by atoms with Gasteiger partial charge in [-0.3, -0.25) is 9.52 Å². The highest BCUT2D eigenvalue weighted by molar-refractivity contribution is 7.93. The third kappa shape index (κ3) is 5.48. The number of carbonyl (C=O) groups is 1. The van der Waals surface area contributed by atoms with Crippen LogP contribution in [0.4, 0.5) is 24.0 Å². The van der Waals surface area contributed by atoms with Gasteiger partial charge in [-0.15, -0.1) is 13.2 Å². The van der Waals surface area contributed by atoms with Gasteiger partial charge in [0, 0.05) is 5.69 Å². The molecular weight excluding hydrogens is 443 g/mol. The molecule has 1 amide bonds. The zero-order valence-corrected chi connectivity index (χ0v) is 16.9. The van der Waals surface area contributed by atoms with Crippen molar-refractivity contribution in [1.82, 2.24) is 4.98 Å². The number of aryl methyl sites for hydroxylation is 1. The van der Waals surface area contributed by atoms with Crippen molar-refractivity contribution in [1.29, 1.82) is 0 Å². The minimum absolute atomic E-state index is 0.00966. The number of hydrogen-bond acceptors (Lipinski definition) is 6. The van der Waals surface area contributed by atoms with Crippen LogP contribution in [0.15, 0.2) is 59.5 Å². The lowest BCUT2D eigenvalue weighted by Crippen LogP contribution is -2.17. The predicted molar refractivity (Wildman–Crippen MR) is 105 cm³/mol. The number of alkyl halides is 3. The van der Waals surface area contributed by atoms with Crippen molar-refractivity contribution in [2.45, 2.75) is 18.2 Å². The molecule has 3 aromatic rings. The number of nitrogens with zero attached hydrogens (tertiary/aromatic N) is 1. The first-order valence-electron chi connectivity index (χ1n) is 8.26. The number of benzene rings is 2. The first-order valence-corrected chi connectivity index (χ1v) is 10.6. The Morgan fingerprint density at radius 1 is 1.07 bits per heavy atom. The Morgan fingerprint density at radius 3 is 2.30 bits per heavy atom. The molecule has 2 N–H and O–H groups in total. The van der Waals surface area contributed by atoms with Crippen molar-refractivity contribution < 1.29 is 31.1 Å². The quantitative estimate of drug-likeness (QED) is 0.572. The second-order valence-electron chi connectivity index (χ2n) is 5.88. The van der Waals surface area contributed by atoms with Crippen molar-refractivity contribution in [2.24, 2.45) is 0 Å². The first kappa shape index (κ1) is 21.6. The fourth-order valence-electron chi connectivity index (χ4n) is 2.35. The summed E-state index contributed by atoms with van der Waals surface area (Å²) in [5.41, 5.74) is 0.522. The van der Waals surface area contributed by atoms with E-state index >= 15 is 0 Å². The van der Waals surface area contributed by atoms with E-state index in [2.05, 4.69) is 19.8 Å². The van der Waals surface area contributed by atoms with Crippen LogP contribution in [0.25, 0.3) is 0 Å². The van der Waals surface area contributed by atoms with E-state index in [1.807, 2.05) is 0 Å². The Hall–Kier alpha value is -3.12. The van der Waals surface area contributed by atoms with E-state index in [1.54, 1.807) is 18.2 Å². The van der Waals surface area contributed by atoms with E-state index < -0.39 is 28.0 Å². The number of ether oxygens (including phenoxy) is 1. The van der Waals surface area contributed by atoms with Crippen LogP contribution in [0.3, 0.4) is 0 Å². The molecule has 1 heterocycles. The third-order valence-corrected chi connectivity index (χ3v) is 6.18. The van der Waals surface area contributed by atoms with Crippen molar-refractivity contribution in [3.63, 3.8) is 0 Å². The zero-order chi connectivity index (χ0) is 21.9. The van der Waals surface area contributed by atoms with Gasteiger partial charge < -0.3 is 10.1 Å². The monoisotopic (exact) mass is 457 g/mol. The van der Waals surface area contributed by atoms with E-state index in [1.165, 1.54) is 31.2 Å². The number of thiazole rings is 1. The summed E-state index contributed by atoms with van der Waals surface area (Å²) >= 11 is 0.833. The molecule has 0 aliphatic heterocycles. The number of aromatic nitrogens is 1. The maximum atomic E-state index is 12.5. The normalized spacial score (nSPS) is 11.7. The molecule has 0 atom stereocenters. The van der Waals surface area contributed by atoms with Crippen LogP contribution < -0.4 is 14.8 Å². The molecule has 0 fully saturated rings. The van der Waals surface area contributed by atoms with Crippen LogP contribution in [-0.2, 0) is 10.0 Å². The molecule has 0 saturated heterocycles. The number of anilines is 2. The zero-order valence-electron chi connectivity index (χ0n) is 15.2. The number of nitrogens with one attached hydrogen (secondary N) is 2. The molecule has 2 aromatic carbocycles. The maximum absolute atomic E-state index is 12.5. The molecule has 0 radical (unpaired) electrons. The molecule has 0 unspecified atom stereocenters. The van der Waals surface area contributed by atoms with E-state index in [0.29, 0.717) is 5.69 Å². The highest BCUT2D eigenvalue weighted by Gasteiger charge is 2.31. The summed E-state index contributed by atoms with van der Waals surface area (Å²) in [7, 11) is -3.86. The molecule has 0 bridgehead atoms. The number of halogens is 3. The lowest BCUT2D eigenvalue weighted by Gasteiger charge is -2.09. The van der Waals surface area contributed by atoms with Gasteiger partial charge in [-0.2, -0.15) is 0 Å². The van der Waals surface area contributed by atoms with Crippen molar-refractivity contribution in [3.8, 4) is 5.75 Å². The van der Waals surface area contributed by atoms with E-state index in [9.17, 15) is 26.4 Å². The number of sulfonamides is 1. The summed E-state index contributed by atoms with van der Waals surface area (Å²) in [6, 6.07) is 12.3. The Labute approximate surface area is 173 Å². The molecule has 0 saturated carbocycles. The SMILES string of the molecule is Cc1nc(NS(=O)(=O)c2ccccc2)sc1C(=O)Nc1ccc(OC(F)(F)F)cc1. The highest BCUT2D eigenvalue weighted by Crippen LogP contribution is 2.27. The number of carbonyl (C=O) groups excluding carboxylic acids is 1. The lowest BCUT2D eigenvalue weighted by molar-refractivity contribution is -0.274. The lowest BCUT2D eigenvalue weighted by atomic mass is 10.3. The van der Waals surface area contributed by atoms with Gasteiger partial charge in [-0.1, -0.05) is 29.5 Å².